The van der Waals surface area contributed by atoms with Crippen LogP contribution in [-0.4, -0.2) is 16.0 Å². The van der Waals surface area contributed by atoms with Gasteiger partial charge in [0.2, 0.25) is 0 Å². The van der Waals surface area contributed by atoms with Crippen LogP contribution in [0.25, 0.3) is 32.7 Å². The fourth-order valence-electron chi connectivity index (χ4n) is 3.94. The minimum atomic E-state index is -0.232. The van der Waals surface area contributed by atoms with Crippen molar-refractivity contribution in [2.75, 3.05) is 0 Å². The van der Waals surface area contributed by atoms with Crippen molar-refractivity contribution in [3.05, 3.63) is 97.1 Å². The second-order valence-corrected chi connectivity index (χ2v) is 10.4. The summed E-state index contributed by atoms with van der Waals surface area (Å²) in [7, 11) is 0. The molecule has 0 saturated carbocycles. The summed E-state index contributed by atoms with van der Waals surface area (Å²) in [6.07, 6.45) is 0. The number of Topliss-reactive ketones (excluding diaryl/α,β-unsaturated/α-hetero) is 1. The highest BCUT2D eigenvalue weighted by Crippen LogP contribution is 2.34. The fraction of sp³-hybridized carbons (Fsp3) is 0.0690. The lowest BCUT2D eigenvalue weighted by molar-refractivity contribution is -0.109. The zero-order valence-electron chi connectivity index (χ0n) is 18.9. The van der Waals surface area contributed by atoms with Crippen molar-refractivity contribution in [1.29, 1.82) is 0 Å². The van der Waals surface area contributed by atoms with Gasteiger partial charge < -0.3 is 0 Å². The third kappa shape index (κ3) is 4.91. The Morgan fingerprint density at radius 1 is 0.618 bits per heavy atom. The van der Waals surface area contributed by atoms with Crippen LogP contribution in [-0.2, 0) is 14.4 Å². The fourth-order valence-corrected chi connectivity index (χ4v) is 5.24. The molecule has 34 heavy (non-hydrogen) atoms. The van der Waals surface area contributed by atoms with E-state index >= 15 is 0 Å². The number of fused-ring (bicyclic) bond motifs is 2. The van der Waals surface area contributed by atoms with E-state index in [2.05, 4.69) is 13.2 Å². The van der Waals surface area contributed by atoms with Crippen molar-refractivity contribution in [3.63, 3.8) is 0 Å². The van der Waals surface area contributed by atoms with Gasteiger partial charge in [-0.25, -0.2) is 0 Å². The Balaban J connectivity index is 1.68. The van der Waals surface area contributed by atoms with Crippen LogP contribution >= 0.6 is 23.5 Å². The first-order chi connectivity index (χ1) is 16.2. The van der Waals surface area contributed by atoms with Crippen LogP contribution in [0.4, 0.5) is 0 Å². The van der Waals surface area contributed by atoms with Crippen molar-refractivity contribution in [2.45, 2.75) is 23.6 Å². The van der Waals surface area contributed by atoms with Gasteiger partial charge in [-0.1, -0.05) is 85.2 Å². The predicted molar refractivity (Wildman–Crippen MR) is 144 cm³/mol. The first-order valence-corrected chi connectivity index (χ1v) is 12.2. The Bertz CT molecular complexity index is 1400. The molecular weight excluding hydrogens is 460 g/mol. The molecule has 0 aliphatic rings. The average Bonchev–Trinajstić information content (AvgIpc) is 2.80. The van der Waals surface area contributed by atoms with Crippen LogP contribution < -0.4 is 0 Å². The van der Waals surface area contributed by atoms with E-state index in [1.54, 1.807) is 0 Å². The van der Waals surface area contributed by atoms with Gasteiger partial charge >= 0.3 is 0 Å². The molecular formula is C29H22O3S2. The highest BCUT2D eigenvalue weighted by Gasteiger charge is 2.19. The van der Waals surface area contributed by atoms with Crippen molar-refractivity contribution in [1.82, 2.24) is 0 Å². The number of carbonyl (C=O) groups is 3. The number of carbonyl (C=O) groups excluding carboxylic acids is 3. The van der Waals surface area contributed by atoms with E-state index in [0.717, 1.165) is 42.5 Å². The third-order valence-electron chi connectivity index (χ3n) is 5.43. The molecule has 0 aliphatic carbocycles. The van der Waals surface area contributed by atoms with E-state index in [-0.39, 0.29) is 16.0 Å². The van der Waals surface area contributed by atoms with Gasteiger partial charge in [0.15, 0.2) is 16.0 Å². The quantitative estimate of drug-likeness (QED) is 0.210. The largest absolute Gasteiger partial charge is 0.289 e. The molecule has 4 aromatic rings. The minimum Gasteiger partial charge on any atom is -0.289 e. The third-order valence-corrected chi connectivity index (χ3v) is 6.98. The van der Waals surface area contributed by atoms with E-state index in [1.807, 2.05) is 72.8 Å². The molecule has 0 spiro atoms. The van der Waals surface area contributed by atoms with Gasteiger partial charge in [-0.15, -0.1) is 0 Å². The summed E-state index contributed by atoms with van der Waals surface area (Å²) in [5.41, 5.74) is 2.21. The van der Waals surface area contributed by atoms with Gasteiger partial charge in [-0.2, -0.15) is 0 Å². The van der Waals surface area contributed by atoms with Crippen LogP contribution in [0, 0.1) is 0 Å². The standard InChI is InChI=1S/C29H22O3S2/c1-17(25-9-5-7-21-15-23(33-19(3)30)11-13-27(21)25)29(32)18(2)26-10-6-8-22-16-24(34-20(4)31)12-14-28(22)26/h5-16H,1-2H2,3-4H3. The number of thioether (sulfide) groups is 2. The van der Waals surface area contributed by atoms with Crippen LogP contribution in [0.3, 0.4) is 0 Å². The molecule has 0 atom stereocenters. The Morgan fingerprint density at radius 2 is 1.03 bits per heavy atom. The second-order valence-electron chi connectivity index (χ2n) is 7.85. The van der Waals surface area contributed by atoms with Gasteiger partial charge in [-0.05, 0) is 56.9 Å². The molecule has 0 fully saturated rings. The van der Waals surface area contributed by atoms with Gasteiger partial charge in [-0.3, -0.25) is 14.4 Å². The topological polar surface area (TPSA) is 51.2 Å². The molecule has 0 N–H and O–H groups in total. The summed E-state index contributed by atoms with van der Waals surface area (Å²) < 4.78 is 0. The zero-order valence-corrected chi connectivity index (χ0v) is 20.5. The molecule has 0 aliphatic heterocycles. The SMILES string of the molecule is C=C(C(=O)C(=C)c1cccc2cc(SC(C)=O)ccc12)c1cccc2cc(SC(C)=O)ccc12. The number of ketones is 1. The summed E-state index contributed by atoms with van der Waals surface area (Å²) >= 11 is 2.36. The number of benzene rings is 4. The number of hydrogen-bond acceptors (Lipinski definition) is 5. The van der Waals surface area contributed by atoms with E-state index in [9.17, 15) is 14.4 Å². The monoisotopic (exact) mass is 482 g/mol. The van der Waals surface area contributed by atoms with E-state index in [0.29, 0.717) is 11.1 Å². The van der Waals surface area contributed by atoms with E-state index in [1.165, 1.54) is 37.4 Å². The van der Waals surface area contributed by atoms with Crippen molar-refractivity contribution >= 4 is 72.2 Å². The lowest BCUT2D eigenvalue weighted by atomic mass is 9.90. The molecule has 5 heteroatoms. The highest BCUT2D eigenvalue weighted by atomic mass is 32.2. The molecule has 168 valence electrons. The summed E-state index contributed by atoms with van der Waals surface area (Å²) in [5, 5.41) is 3.70. The Hall–Kier alpha value is -3.41. The molecule has 4 aromatic carbocycles. The maximum atomic E-state index is 13.5. The predicted octanol–water partition coefficient (Wildman–Crippen LogP) is 7.57. The molecule has 0 aromatic heterocycles. The Labute approximate surface area is 206 Å². The summed E-state index contributed by atoms with van der Waals surface area (Å²) in [5.74, 6) is -0.232. The minimum absolute atomic E-state index is 0.0217. The number of rotatable bonds is 6. The zero-order chi connectivity index (χ0) is 24.4. The van der Waals surface area contributed by atoms with Crippen LogP contribution in [0.1, 0.15) is 25.0 Å². The summed E-state index contributed by atoms with van der Waals surface area (Å²) in [4.78, 5) is 38.1. The molecule has 0 bridgehead atoms. The van der Waals surface area contributed by atoms with Crippen molar-refractivity contribution < 1.29 is 14.4 Å². The van der Waals surface area contributed by atoms with Gasteiger partial charge in [0.05, 0.1) is 0 Å². The first kappa shape index (κ1) is 23.7. The van der Waals surface area contributed by atoms with Crippen LogP contribution in [0.2, 0.25) is 0 Å². The second kappa shape index (κ2) is 9.84. The molecule has 4 rings (SSSR count). The number of hydrogen-bond donors (Lipinski definition) is 0. The van der Waals surface area contributed by atoms with E-state index < -0.39 is 0 Å². The Morgan fingerprint density at radius 3 is 1.41 bits per heavy atom. The van der Waals surface area contributed by atoms with E-state index in [4.69, 9.17) is 0 Å². The Kier molecular flexibility index (Phi) is 6.87. The lowest BCUT2D eigenvalue weighted by Gasteiger charge is -2.13. The van der Waals surface area contributed by atoms with Gasteiger partial charge in [0.25, 0.3) is 0 Å². The molecule has 0 saturated heterocycles. The van der Waals surface area contributed by atoms with Crippen LogP contribution in [0.15, 0.2) is 95.7 Å². The molecule has 3 nitrogen and oxygen atoms in total. The lowest BCUT2D eigenvalue weighted by Crippen LogP contribution is -2.04. The highest BCUT2D eigenvalue weighted by molar-refractivity contribution is 8.13. The van der Waals surface area contributed by atoms with Gasteiger partial charge in [0.1, 0.15) is 0 Å². The maximum Gasteiger partial charge on any atom is 0.193 e. The molecule has 0 heterocycles. The molecule has 0 unspecified atom stereocenters. The summed E-state index contributed by atoms with van der Waals surface area (Å²) in [6.45, 7) is 11.3. The van der Waals surface area contributed by atoms with Gasteiger partial charge in [0, 0.05) is 34.8 Å². The average molecular weight is 483 g/mol. The summed E-state index contributed by atoms with van der Waals surface area (Å²) in [6, 6.07) is 22.9. The van der Waals surface area contributed by atoms with Crippen molar-refractivity contribution in [2.24, 2.45) is 0 Å². The number of allylic oxidation sites excluding steroid dienone is 2. The van der Waals surface area contributed by atoms with Crippen molar-refractivity contribution in [3.8, 4) is 0 Å². The first-order valence-electron chi connectivity index (χ1n) is 10.6. The molecule has 0 radical (unpaired) electrons. The normalized spacial score (nSPS) is 10.9. The molecule has 0 amide bonds. The smallest absolute Gasteiger partial charge is 0.193 e. The van der Waals surface area contributed by atoms with Crippen LogP contribution in [0.5, 0.6) is 0 Å². The maximum absolute atomic E-state index is 13.5.